The molecule has 1 aliphatic carbocycles. The lowest BCUT2D eigenvalue weighted by atomic mass is 9.94. The lowest BCUT2D eigenvalue weighted by Gasteiger charge is -2.34. The van der Waals surface area contributed by atoms with Crippen molar-refractivity contribution in [2.45, 2.75) is 64.8 Å². The highest BCUT2D eigenvalue weighted by molar-refractivity contribution is 5.81. The van der Waals surface area contributed by atoms with E-state index < -0.39 is 0 Å². The van der Waals surface area contributed by atoms with E-state index in [9.17, 15) is 9.59 Å². The van der Waals surface area contributed by atoms with Gasteiger partial charge < -0.3 is 9.80 Å². The third-order valence-electron chi connectivity index (χ3n) is 5.83. The molecule has 0 aromatic carbocycles. The first-order valence-electron chi connectivity index (χ1n) is 10.2. The summed E-state index contributed by atoms with van der Waals surface area (Å²) in [5, 5.41) is 7.33. The molecule has 2 fully saturated rings. The number of aromatic nitrogens is 2. The highest BCUT2D eigenvalue weighted by atomic mass is 16.2. The van der Waals surface area contributed by atoms with Crippen molar-refractivity contribution >= 4 is 11.8 Å². The lowest BCUT2D eigenvalue weighted by molar-refractivity contribution is -0.142. The number of amides is 2. The second-order valence-electron chi connectivity index (χ2n) is 7.91. The molecule has 1 saturated carbocycles. The van der Waals surface area contributed by atoms with Gasteiger partial charge in [-0.05, 0) is 38.2 Å². The van der Waals surface area contributed by atoms with Crippen molar-refractivity contribution in [2.24, 2.45) is 11.8 Å². The van der Waals surface area contributed by atoms with E-state index in [0.717, 1.165) is 63.0 Å². The molecule has 0 radical (unpaired) electrons. The van der Waals surface area contributed by atoms with Crippen LogP contribution in [0.3, 0.4) is 0 Å². The number of aryl methyl sites for hydroxylation is 1. The molecule has 2 aliphatic rings. The molecule has 0 atom stereocenters. The smallest absolute Gasteiger partial charge is 0.225 e. The molecule has 1 aliphatic heterocycles. The molecule has 0 spiro atoms. The number of piperidine rings is 1. The van der Waals surface area contributed by atoms with Crippen molar-refractivity contribution in [3.8, 4) is 0 Å². The van der Waals surface area contributed by atoms with Crippen molar-refractivity contribution in [2.75, 3.05) is 20.1 Å². The molecule has 1 aromatic heterocycles. The number of likely N-dealkylation sites (tertiary alicyclic amines) is 1. The number of nitrogens with zero attached hydrogens (tertiary/aromatic N) is 3. The van der Waals surface area contributed by atoms with Gasteiger partial charge in [0.05, 0.1) is 17.9 Å². The Bertz CT molecular complexity index is 613. The number of hydrogen-bond acceptors (Lipinski definition) is 3. The number of rotatable bonds is 6. The second kappa shape index (κ2) is 8.69. The maximum atomic E-state index is 12.8. The Morgan fingerprint density at radius 1 is 1.19 bits per heavy atom. The van der Waals surface area contributed by atoms with Gasteiger partial charge in [0.15, 0.2) is 0 Å². The van der Waals surface area contributed by atoms with E-state index in [1.807, 2.05) is 11.9 Å². The van der Waals surface area contributed by atoms with Gasteiger partial charge in [-0.25, -0.2) is 0 Å². The summed E-state index contributed by atoms with van der Waals surface area (Å²) in [6, 6.07) is 2.05. The molecule has 3 rings (SSSR count). The van der Waals surface area contributed by atoms with E-state index in [4.69, 9.17) is 0 Å². The summed E-state index contributed by atoms with van der Waals surface area (Å²) in [5.74, 6) is 0.778. The predicted octanol–water partition coefficient (Wildman–Crippen LogP) is 2.75. The van der Waals surface area contributed by atoms with Gasteiger partial charge in [0.2, 0.25) is 11.8 Å². The van der Waals surface area contributed by atoms with Crippen molar-refractivity contribution in [1.82, 2.24) is 20.0 Å². The van der Waals surface area contributed by atoms with E-state index >= 15 is 0 Å². The minimum Gasteiger partial charge on any atom is -0.342 e. The van der Waals surface area contributed by atoms with Gasteiger partial charge in [-0.1, -0.05) is 26.2 Å². The summed E-state index contributed by atoms with van der Waals surface area (Å²) in [6.45, 7) is 4.15. The van der Waals surface area contributed by atoms with Crippen LogP contribution in [0.1, 0.15) is 63.3 Å². The summed E-state index contributed by atoms with van der Waals surface area (Å²) < 4.78 is 0. The Labute approximate surface area is 156 Å². The Hall–Kier alpha value is -1.85. The van der Waals surface area contributed by atoms with Gasteiger partial charge in [0, 0.05) is 32.0 Å². The van der Waals surface area contributed by atoms with Crippen LogP contribution in [-0.4, -0.2) is 51.9 Å². The molecule has 1 saturated heterocycles. The Morgan fingerprint density at radius 2 is 1.88 bits per heavy atom. The number of aromatic amines is 1. The van der Waals surface area contributed by atoms with Gasteiger partial charge in [0.1, 0.15) is 0 Å². The fourth-order valence-electron chi connectivity index (χ4n) is 4.30. The van der Waals surface area contributed by atoms with Crippen LogP contribution >= 0.6 is 0 Å². The maximum absolute atomic E-state index is 12.8. The van der Waals surface area contributed by atoms with Crippen molar-refractivity contribution in [3.63, 3.8) is 0 Å². The first-order chi connectivity index (χ1) is 12.6. The predicted molar refractivity (Wildman–Crippen MR) is 100 cm³/mol. The van der Waals surface area contributed by atoms with Gasteiger partial charge in [-0.3, -0.25) is 14.7 Å². The Kier molecular flexibility index (Phi) is 6.33. The highest BCUT2D eigenvalue weighted by Gasteiger charge is 2.32. The molecule has 2 heterocycles. The minimum atomic E-state index is 0.0330. The SMILES string of the molecule is CCCc1cc(CN(C)C(=O)C2CCN(C(=O)C3CCCC3)CC2)[nH]n1. The fourth-order valence-corrected chi connectivity index (χ4v) is 4.30. The molecule has 6 nitrogen and oxygen atoms in total. The van der Waals surface area contributed by atoms with Crippen LogP contribution in [0.2, 0.25) is 0 Å². The number of nitrogens with one attached hydrogen (secondary N) is 1. The fraction of sp³-hybridized carbons (Fsp3) is 0.750. The van der Waals surface area contributed by atoms with Crippen LogP contribution in [0.15, 0.2) is 6.07 Å². The molecule has 0 unspecified atom stereocenters. The number of carbonyl (C=O) groups excluding carboxylic acids is 2. The van der Waals surface area contributed by atoms with Gasteiger partial charge in [0.25, 0.3) is 0 Å². The van der Waals surface area contributed by atoms with E-state index in [2.05, 4.69) is 23.2 Å². The van der Waals surface area contributed by atoms with Crippen molar-refractivity contribution in [3.05, 3.63) is 17.5 Å². The quantitative estimate of drug-likeness (QED) is 0.848. The first-order valence-corrected chi connectivity index (χ1v) is 10.2. The van der Waals surface area contributed by atoms with Crippen molar-refractivity contribution < 1.29 is 9.59 Å². The zero-order valence-corrected chi connectivity index (χ0v) is 16.2. The van der Waals surface area contributed by atoms with Gasteiger partial charge in [-0.2, -0.15) is 5.10 Å². The zero-order chi connectivity index (χ0) is 18.5. The summed E-state index contributed by atoms with van der Waals surface area (Å²) in [6.07, 6.45) is 8.05. The second-order valence-corrected chi connectivity index (χ2v) is 7.91. The monoisotopic (exact) mass is 360 g/mol. The van der Waals surface area contributed by atoms with Gasteiger partial charge >= 0.3 is 0 Å². The molecule has 26 heavy (non-hydrogen) atoms. The summed E-state index contributed by atoms with van der Waals surface area (Å²) >= 11 is 0. The summed E-state index contributed by atoms with van der Waals surface area (Å²) in [4.78, 5) is 29.1. The van der Waals surface area contributed by atoms with Crippen LogP contribution in [0.25, 0.3) is 0 Å². The molecule has 1 aromatic rings. The molecule has 1 N–H and O–H groups in total. The first kappa shape index (κ1) is 18.9. The summed E-state index contributed by atoms with van der Waals surface area (Å²) in [7, 11) is 1.86. The molecule has 2 amide bonds. The van der Waals surface area contributed by atoms with E-state index in [0.29, 0.717) is 12.5 Å². The van der Waals surface area contributed by atoms with Crippen LogP contribution in [0.4, 0.5) is 0 Å². The third-order valence-corrected chi connectivity index (χ3v) is 5.83. The lowest BCUT2D eigenvalue weighted by Crippen LogP contribution is -2.45. The standard InChI is InChI=1S/C20H32N4O2/c1-3-6-17-13-18(22-21-17)14-23(2)19(25)16-9-11-24(12-10-16)20(26)15-7-4-5-8-15/h13,15-16H,3-12,14H2,1-2H3,(H,21,22). The minimum absolute atomic E-state index is 0.0330. The van der Waals surface area contributed by atoms with Crippen LogP contribution in [0, 0.1) is 11.8 Å². The normalized spacial score (nSPS) is 19.1. The molecule has 6 heteroatoms. The van der Waals surface area contributed by atoms with E-state index in [1.54, 1.807) is 4.90 Å². The van der Waals surface area contributed by atoms with Crippen LogP contribution < -0.4 is 0 Å². The Balaban J connectivity index is 1.47. The number of hydrogen-bond donors (Lipinski definition) is 1. The summed E-state index contributed by atoms with van der Waals surface area (Å²) in [5.41, 5.74) is 2.04. The van der Waals surface area contributed by atoms with Crippen LogP contribution in [-0.2, 0) is 22.6 Å². The number of carbonyl (C=O) groups is 2. The highest BCUT2D eigenvalue weighted by Crippen LogP contribution is 2.29. The van der Waals surface area contributed by atoms with Crippen molar-refractivity contribution in [1.29, 1.82) is 0 Å². The van der Waals surface area contributed by atoms with Crippen LogP contribution in [0.5, 0.6) is 0 Å². The third kappa shape index (κ3) is 4.46. The maximum Gasteiger partial charge on any atom is 0.225 e. The van der Waals surface area contributed by atoms with E-state index in [1.165, 1.54) is 12.8 Å². The average Bonchev–Trinajstić information content (AvgIpc) is 3.33. The van der Waals surface area contributed by atoms with Gasteiger partial charge in [-0.15, -0.1) is 0 Å². The largest absolute Gasteiger partial charge is 0.342 e. The Morgan fingerprint density at radius 3 is 2.54 bits per heavy atom. The average molecular weight is 361 g/mol. The molecule has 0 bridgehead atoms. The zero-order valence-electron chi connectivity index (χ0n) is 16.2. The topological polar surface area (TPSA) is 69.3 Å². The molecular formula is C20H32N4O2. The molecular weight excluding hydrogens is 328 g/mol. The van der Waals surface area contributed by atoms with E-state index in [-0.39, 0.29) is 17.7 Å². The number of H-pyrrole nitrogens is 1. The molecule has 144 valence electrons.